The van der Waals surface area contributed by atoms with Gasteiger partial charge in [0.15, 0.2) is 0 Å². The molecule has 0 aromatic heterocycles. The summed E-state index contributed by atoms with van der Waals surface area (Å²) in [6.45, 7) is -0.331. The first-order valence-electron chi connectivity index (χ1n) is 3.78. The third kappa shape index (κ3) is 4.18. The molecule has 0 unspecified atom stereocenters. The summed E-state index contributed by atoms with van der Waals surface area (Å²) in [5, 5.41) is 0. The van der Waals surface area contributed by atoms with E-state index in [1.807, 2.05) is 0 Å². The Balaban J connectivity index is 2.47. The highest BCUT2D eigenvalue weighted by Gasteiger charge is 2.06. The van der Waals surface area contributed by atoms with Gasteiger partial charge in [-0.3, -0.25) is 0 Å². The molecule has 0 radical (unpaired) electrons. The van der Waals surface area contributed by atoms with E-state index in [-0.39, 0.29) is 12.4 Å². The number of halogens is 2. The molecule has 0 fully saturated rings. The third-order valence-corrected chi connectivity index (χ3v) is 2.05. The van der Waals surface area contributed by atoms with Crippen molar-refractivity contribution < 1.29 is 21.4 Å². The predicted octanol–water partition coefficient (Wildman–Crippen LogP) is 1.50. The van der Waals surface area contributed by atoms with Crippen LogP contribution in [0.2, 0.25) is 0 Å². The van der Waals surface area contributed by atoms with Crippen LogP contribution in [0.1, 0.15) is 0 Å². The highest BCUT2D eigenvalue weighted by Crippen LogP contribution is 2.11. The summed E-state index contributed by atoms with van der Waals surface area (Å²) < 4.78 is 49.5. The number of benzene rings is 1. The van der Waals surface area contributed by atoms with Gasteiger partial charge in [-0.1, -0.05) is 6.07 Å². The Labute approximate surface area is 80.5 Å². The minimum absolute atomic E-state index is 0.175. The summed E-state index contributed by atoms with van der Waals surface area (Å²) in [5.41, 5.74) is 0. The quantitative estimate of drug-likeness (QED) is 0.725. The Morgan fingerprint density at radius 3 is 2.64 bits per heavy atom. The van der Waals surface area contributed by atoms with Crippen LogP contribution in [0.15, 0.2) is 24.3 Å². The predicted molar refractivity (Wildman–Crippen MR) is 46.8 cm³/mol. The van der Waals surface area contributed by atoms with Gasteiger partial charge in [0.05, 0.1) is 0 Å². The van der Waals surface area contributed by atoms with E-state index in [0.717, 1.165) is 6.07 Å². The summed E-state index contributed by atoms with van der Waals surface area (Å²) in [6.07, 6.45) is 0. The van der Waals surface area contributed by atoms with E-state index in [4.69, 9.17) is 4.74 Å². The molecule has 0 saturated heterocycles. The molecule has 0 N–H and O–H groups in total. The van der Waals surface area contributed by atoms with Gasteiger partial charge in [-0.15, -0.1) is 3.89 Å². The van der Waals surface area contributed by atoms with Gasteiger partial charge >= 0.3 is 10.2 Å². The van der Waals surface area contributed by atoms with E-state index in [2.05, 4.69) is 0 Å². The minimum atomic E-state index is -4.52. The van der Waals surface area contributed by atoms with Crippen molar-refractivity contribution in [2.45, 2.75) is 0 Å². The summed E-state index contributed by atoms with van der Waals surface area (Å²) in [6, 6.07) is 5.17. The van der Waals surface area contributed by atoms with Crippen LogP contribution in [0.5, 0.6) is 5.75 Å². The lowest BCUT2D eigenvalue weighted by molar-refractivity contribution is 0.337. The van der Waals surface area contributed by atoms with Gasteiger partial charge in [-0.05, 0) is 12.1 Å². The molecule has 0 atom stereocenters. The maximum atomic E-state index is 12.6. The molecule has 1 aromatic rings. The van der Waals surface area contributed by atoms with E-state index in [1.54, 1.807) is 0 Å². The van der Waals surface area contributed by atoms with Gasteiger partial charge in [0.2, 0.25) is 0 Å². The van der Waals surface area contributed by atoms with Gasteiger partial charge in [-0.2, -0.15) is 8.42 Å². The molecule has 1 rings (SSSR count). The van der Waals surface area contributed by atoms with Crippen LogP contribution in [0, 0.1) is 5.82 Å². The molecule has 14 heavy (non-hydrogen) atoms. The Morgan fingerprint density at radius 1 is 1.36 bits per heavy atom. The molecule has 0 saturated carbocycles. The second-order valence-electron chi connectivity index (χ2n) is 2.55. The SMILES string of the molecule is O=S(=O)(F)CCOc1cccc(F)c1. The van der Waals surface area contributed by atoms with E-state index in [9.17, 15) is 16.7 Å². The highest BCUT2D eigenvalue weighted by molar-refractivity contribution is 7.86. The largest absolute Gasteiger partial charge is 0.492 e. The van der Waals surface area contributed by atoms with Crippen LogP contribution >= 0.6 is 0 Å². The zero-order valence-corrected chi connectivity index (χ0v) is 7.93. The summed E-state index contributed by atoms with van der Waals surface area (Å²) in [4.78, 5) is 0. The van der Waals surface area contributed by atoms with Crippen molar-refractivity contribution in [1.82, 2.24) is 0 Å². The van der Waals surface area contributed by atoms with Crippen molar-refractivity contribution in [2.24, 2.45) is 0 Å². The van der Waals surface area contributed by atoms with Gasteiger partial charge < -0.3 is 4.74 Å². The van der Waals surface area contributed by atoms with Crippen LogP contribution in [0.4, 0.5) is 8.28 Å². The average Bonchev–Trinajstić information content (AvgIpc) is 2.01. The second kappa shape index (κ2) is 4.36. The lowest BCUT2D eigenvalue weighted by atomic mass is 10.3. The summed E-state index contributed by atoms with van der Waals surface area (Å²) in [7, 11) is -4.52. The lowest BCUT2D eigenvalue weighted by Crippen LogP contribution is -2.09. The average molecular weight is 222 g/mol. The first-order valence-corrected chi connectivity index (χ1v) is 5.33. The first kappa shape index (κ1) is 10.9. The fourth-order valence-electron chi connectivity index (χ4n) is 0.816. The Hall–Kier alpha value is -1.17. The molecule has 78 valence electrons. The van der Waals surface area contributed by atoms with Crippen LogP contribution in [0.25, 0.3) is 0 Å². The maximum absolute atomic E-state index is 12.6. The van der Waals surface area contributed by atoms with E-state index < -0.39 is 21.8 Å². The molecule has 0 heterocycles. The van der Waals surface area contributed by atoms with Crippen molar-refractivity contribution in [3.8, 4) is 5.75 Å². The minimum Gasteiger partial charge on any atom is -0.492 e. The molecular formula is C8H8F2O3S. The summed E-state index contributed by atoms with van der Waals surface area (Å²) >= 11 is 0. The van der Waals surface area contributed by atoms with E-state index in [0.29, 0.717) is 0 Å². The van der Waals surface area contributed by atoms with Crippen molar-refractivity contribution in [2.75, 3.05) is 12.4 Å². The number of ether oxygens (including phenoxy) is 1. The number of hydrogen-bond donors (Lipinski definition) is 0. The fourth-order valence-corrected chi connectivity index (χ4v) is 1.10. The normalized spacial score (nSPS) is 11.3. The molecule has 6 heteroatoms. The van der Waals surface area contributed by atoms with E-state index in [1.165, 1.54) is 18.2 Å². The molecule has 0 bridgehead atoms. The molecule has 0 aliphatic carbocycles. The van der Waals surface area contributed by atoms with Crippen LogP contribution in [0.3, 0.4) is 0 Å². The van der Waals surface area contributed by atoms with Crippen molar-refractivity contribution in [3.05, 3.63) is 30.1 Å². The van der Waals surface area contributed by atoms with Crippen LogP contribution < -0.4 is 4.74 Å². The molecule has 1 aromatic carbocycles. The number of hydrogen-bond acceptors (Lipinski definition) is 3. The lowest BCUT2D eigenvalue weighted by Gasteiger charge is -2.03. The zero-order chi connectivity index (χ0) is 10.6. The van der Waals surface area contributed by atoms with E-state index >= 15 is 0 Å². The van der Waals surface area contributed by atoms with Crippen LogP contribution in [-0.2, 0) is 10.2 Å². The van der Waals surface area contributed by atoms with Gasteiger partial charge in [0.25, 0.3) is 0 Å². The molecular weight excluding hydrogens is 214 g/mol. The Bertz CT molecular complexity index is 403. The zero-order valence-electron chi connectivity index (χ0n) is 7.11. The topological polar surface area (TPSA) is 43.4 Å². The molecule has 3 nitrogen and oxygen atoms in total. The Morgan fingerprint density at radius 2 is 2.07 bits per heavy atom. The molecule has 0 amide bonds. The monoisotopic (exact) mass is 222 g/mol. The molecule has 0 spiro atoms. The van der Waals surface area contributed by atoms with Gasteiger partial charge in [0, 0.05) is 6.07 Å². The third-order valence-electron chi connectivity index (χ3n) is 1.39. The highest BCUT2D eigenvalue weighted by atomic mass is 32.3. The first-order chi connectivity index (χ1) is 6.47. The van der Waals surface area contributed by atoms with Crippen molar-refractivity contribution >= 4 is 10.2 Å². The van der Waals surface area contributed by atoms with Crippen LogP contribution in [-0.4, -0.2) is 20.8 Å². The molecule has 0 aliphatic rings. The Kier molecular flexibility index (Phi) is 3.40. The van der Waals surface area contributed by atoms with Crippen molar-refractivity contribution in [1.29, 1.82) is 0 Å². The van der Waals surface area contributed by atoms with Crippen molar-refractivity contribution in [3.63, 3.8) is 0 Å². The standard InChI is InChI=1S/C8H8F2O3S/c9-7-2-1-3-8(6-7)13-4-5-14(10,11)12/h1-3,6H,4-5H2. The molecule has 0 aliphatic heterocycles. The van der Waals surface area contributed by atoms with Gasteiger partial charge in [-0.25, -0.2) is 4.39 Å². The second-order valence-corrected chi connectivity index (χ2v) is 4.03. The number of rotatable bonds is 4. The summed E-state index contributed by atoms with van der Waals surface area (Å²) in [5.74, 6) is -1.05. The smallest absolute Gasteiger partial charge is 0.305 e. The van der Waals surface area contributed by atoms with Gasteiger partial charge in [0.1, 0.15) is 23.9 Å². The maximum Gasteiger partial charge on any atom is 0.305 e. The fraction of sp³-hybridized carbons (Fsp3) is 0.250.